The van der Waals surface area contributed by atoms with E-state index in [9.17, 15) is 0 Å². The highest BCUT2D eigenvalue weighted by Gasteiger charge is 2.13. The molecule has 0 aliphatic carbocycles. The summed E-state index contributed by atoms with van der Waals surface area (Å²) in [5, 5.41) is 10.8. The number of aromatic nitrogens is 1. The van der Waals surface area contributed by atoms with E-state index in [0.717, 1.165) is 69.6 Å². The second-order valence-electron chi connectivity index (χ2n) is 6.04. The van der Waals surface area contributed by atoms with Gasteiger partial charge in [0.05, 0.1) is 25.5 Å². The van der Waals surface area contributed by atoms with Crippen LogP contribution in [0.2, 0.25) is 0 Å². The van der Waals surface area contributed by atoms with E-state index in [2.05, 4.69) is 39.5 Å². The predicted molar refractivity (Wildman–Crippen MR) is 95.3 cm³/mol. The molecule has 0 radical (unpaired) electrons. The van der Waals surface area contributed by atoms with Crippen molar-refractivity contribution in [3.05, 3.63) is 17.5 Å². The molecular formula is C17H31N5O2. The van der Waals surface area contributed by atoms with E-state index in [-0.39, 0.29) is 0 Å². The molecule has 0 spiro atoms. The Labute approximate surface area is 144 Å². The van der Waals surface area contributed by atoms with Crippen LogP contribution < -0.4 is 10.6 Å². The third-order valence-electron chi connectivity index (χ3n) is 4.46. The lowest BCUT2D eigenvalue weighted by atomic mass is 9.99. The first-order chi connectivity index (χ1) is 11.8. The molecule has 1 aromatic rings. The first-order valence-electron chi connectivity index (χ1n) is 8.96. The molecule has 0 aromatic carbocycles. The van der Waals surface area contributed by atoms with Crippen molar-refractivity contribution in [2.24, 2.45) is 4.99 Å². The molecule has 0 atom stereocenters. The summed E-state index contributed by atoms with van der Waals surface area (Å²) in [6.45, 7) is 10.5. The normalized spacial score (nSPS) is 16.6. The maximum absolute atomic E-state index is 5.43. The van der Waals surface area contributed by atoms with Crippen LogP contribution in [0.3, 0.4) is 0 Å². The van der Waals surface area contributed by atoms with Crippen LogP contribution in [-0.2, 0) is 11.3 Å². The fraction of sp³-hybridized carbons (Fsp3) is 0.765. The van der Waals surface area contributed by atoms with Crippen LogP contribution in [-0.4, -0.2) is 62.5 Å². The molecule has 0 amide bonds. The average molecular weight is 337 g/mol. The summed E-state index contributed by atoms with van der Waals surface area (Å²) < 4.78 is 10.8. The first kappa shape index (κ1) is 18.7. The number of rotatable bonds is 8. The highest BCUT2D eigenvalue weighted by molar-refractivity contribution is 5.79. The van der Waals surface area contributed by atoms with Gasteiger partial charge < -0.3 is 19.9 Å². The standard InChI is InChI=1S/C17H31N5O2/c1-4-14(5-2)16-12-15(24-21-16)13-20-17(18-3)19-6-7-22-8-10-23-11-9-22/h12,14H,4-11,13H2,1-3H3,(H2,18,19,20). The smallest absolute Gasteiger partial charge is 0.191 e. The summed E-state index contributed by atoms with van der Waals surface area (Å²) in [5.74, 6) is 2.10. The third kappa shape index (κ3) is 5.79. The third-order valence-corrected chi connectivity index (χ3v) is 4.46. The lowest BCUT2D eigenvalue weighted by molar-refractivity contribution is 0.0389. The summed E-state index contributed by atoms with van der Waals surface area (Å²) in [5.41, 5.74) is 1.05. The number of nitrogens with one attached hydrogen (secondary N) is 2. The second-order valence-corrected chi connectivity index (χ2v) is 6.04. The molecule has 1 aliphatic rings. The zero-order valence-electron chi connectivity index (χ0n) is 15.2. The van der Waals surface area contributed by atoms with E-state index < -0.39 is 0 Å². The number of ether oxygens (including phenoxy) is 1. The largest absolute Gasteiger partial charge is 0.379 e. The van der Waals surface area contributed by atoms with Crippen molar-refractivity contribution >= 4 is 5.96 Å². The lowest BCUT2D eigenvalue weighted by Crippen LogP contribution is -2.44. The second kappa shape index (κ2) is 10.3. The highest BCUT2D eigenvalue weighted by Crippen LogP contribution is 2.22. The molecule has 1 aromatic heterocycles. The molecule has 1 saturated heterocycles. The summed E-state index contributed by atoms with van der Waals surface area (Å²) in [6.07, 6.45) is 2.17. The van der Waals surface area contributed by atoms with Crippen LogP contribution >= 0.6 is 0 Å². The molecule has 0 bridgehead atoms. The van der Waals surface area contributed by atoms with Crippen molar-refractivity contribution < 1.29 is 9.26 Å². The topological polar surface area (TPSA) is 74.9 Å². The van der Waals surface area contributed by atoms with Gasteiger partial charge in [0.1, 0.15) is 0 Å². The molecule has 24 heavy (non-hydrogen) atoms. The van der Waals surface area contributed by atoms with Gasteiger partial charge in [0.15, 0.2) is 11.7 Å². The van der Waals surface area contributed by atoms with Crippen molar-refractivity contribution in [2.75, 3.05) is 46.4 Å². The fourth-order valence-electron chi connectivity index (χ4n) is 2.86. The van der Waals surface area contributed by atoms with Gasteiger partial charge in [-0.3, -0.25) is 9.89 Å². The molecule has 2 heterocycles. The Morgan fingerprint density at radius 3 is 2.71 bits per heavy atom. The SMILES string of the molecule is CCC(CC)c1cc(CNC(=NC)NCCN2CCOCC2)on1. The molecule has 1 fully saturated rings. The molecule has 7 heteroatoms. The molecule has 7 nitrogen and oxygen atoms in total. The molecule has 2 N–H and O–H groups in total. The van der Waals surface area contributed by atoms with Crippen LogP contribution in [0.25, 0.3) is 0 Å². The summed E-state index contributed by atoms with van der Waals surface area (Å²) in [4.78, 5) is 6.64. The van der Waals surface area contributed by atoms with Gasteiger partial charge in [0.25, 0.3) is 0 Å². The summed E-state index contributed by atoms with van der Waals surface area (Å²) in [6, 6.07) is 2.05. The van der Waals surface area contributed by atoms with Crippen molar-refractivity contribution in [3.8, 4) is 0 Å². The Morgan fingerprint density at radius 2 is 2.04 bits per heavy atom. The quantitative estimate of drug-likeness (QED) is 0.554. The van der Waals surface area contributed by atoms with E-state index in [1.165, 1.54) is 0 Å². The van der Waals surface area contributed by atoms with Gasteiger partial charge >= 0.3 is 0 Å². The Bertz CT molecular complexity index is 493. The minimum atomic E-state index is 0.480. The number of morpholine rings is 1. The minimum absolute atomic E-state index is 0.480. The van der Waals surface area contributed by atoms with Crippen molar-refractivity contribution in [2.45, 2.75) is 39.2 Å². The predicted octanol–water partition coefficient (Wildman–Crippen LogP) is 1.58. The van der Waals surface area contributed by atoms with Gasteiger partial charge in [-0.25, -0.2) is 0 Å². The Balaban J connectivity index is 1.71. The van der Waals surface area contributed by atoms with E-state index in [0.29, 0.717) is 12.5 Å². The van der Waals surface area contributed by atoms with Crippen LogP contribution in [0, 0.1) is 0 Å². The monoisotopic (exact) mass is 337 g/mol. The van der Waals surface area contributed by atoms with Gasteiger partial charge in [-0.2, -0.15) is 0 Å². The number of aliphatic imine (C=N–C) groups is 1. The zero-order chi connectivity index (χ0) is 17.2. The van der Waals surface area contributed by atoms with Gasteiger partial charge in [-0.15, -0.1) is 0 Å². The fourth-order valence-corrected chi connectivity index (χ4v) is 2.86. The molecular weight excluding hydrogens is 306 g/mol. The Morgan fingerprint density at radius 1 is 1.29 bits per heavy atom. The zero-order valence-corrected chi connectivity index (χ0v) is 15.2. The molecule has 136 valence electrons. The van der Waals surface area contributed by atoms with Gasteiger partial charge in [0, 0.05) is 45.2 Å². The van der Waals surface area contributed by atoms with Crippen LogP contribution in [0.15, 0.2) is 15.6 Å². The number of hydrogen-bond acceptors (Lipinski definition) is 5. The molecule has 1 aliphatic heterocycles. The van der Waals surface area contributed by atoms with E-state index in [4.69, 9.17) is 9.26 Å². The lowest BCUT2D eigenvalue weighted by Gasteiger charge is -2.26. The van der Waals surface area contributed by atoms with Crippen LogP contribution in [0.1, 0.15) is 44.1 Å². The van der Waals surface area contributed by atoms with Crippen molar-refractivity contribution in [1.29, 1.82) is 0 Å². The van der Waals surface area contributed by atoms with Gasteiger partial charge in [0.2, 0.25) is 0 Å². The molecule has 0 saturated carbocycles. The number of nitrogens with zero attached hydrogens (tertiary/aromatic N) is 3. The summed E-state index contributed by atoms with van der Waals surface area (Å²) in [7, 11) is 1.78. The van der Waals surface area contributed by atoms with E-state index in [1.54, 1.807) is 7.05 Å². The maximum Gasteiger partial charge on any atom is 0.191 e. The van der Waals surface area contributed by atoms with Gasteiger partial charge in [-0.1, -0.05) is 19.0 Å². The van der Waals surface area contributed by atoms with Crippen LogP contribution in [0.4, 0.5) is 0 Å². The maximum atomic E-state index is 5.43. The van der Waals surface area contributed by atoms with Crippen molar-refractivity contribution in [3.63, 3.8) is 0 Å². The molecule has 0 unspecified atom stereocenters. The first-order valence-corrected chi connectivity index (χ1v) is 8.96. The molecule has 2 rings (SSSR count). The Kier molecular flexibility index (Phi) is 8.04. The highest BCUT2D eigenvalue weighted by atomic mass is 16.5. The minimum Gasteiger partial charge on any atom is -0.379 e. The van der Waals surface area contributed by atoms with Crippen molar-refractivity contribution in [1.82, 2.24) is 20.7 Å². The summed E-state index contributed by atoms with van der Waals surface area (Å²) >= 11 is 0. The average Bonchev–Trinajstić information content (AvgIpc) is 3.08. The van der Waals surface area contributed by atoms with E-state index >= 15 is 0 Å². The van der Waals surface area contributed by atoms with E-state index in [1.807, 2.05) is 6.07 Å². The van der Waals surface area contributed by atoms with Crippen LogP contribution in [0.5, 0.6) is 0 Å². The number of guanidine groups is 1. The van der Waals surface area contributed by atoms with Gasteiger partial charge in [-0.05, 0) is 12.8 Å². The Hall–Kier alpha value is -1.60. The number of hydrogen-bond donors (Lipinski definition) is 2.